The van der Waals surface area contributed by atoms with Crippen LogP contribution in [-0.4, -0.2) is 27.3 Å². The van der Waals surface area contributed by atoms with E-state index < -0.39 is 0 Å². The molecule has 2 aromatic rings. The van der Waals surface area contributed by atoms with Crippen molar-refractivity contribution in [2.24, 2.45) is 11.3 Å². The molecule has 1 aromatic carbocycles. The first-order valence-corrected chi connectivity index (χ1v) is 7.93. The van der Waals surface area contributed by atoms with Gasteiger partial charge in [0.05, 0.1) is 11.8 Å². The smallest absolute Gasteiger partial charge is 0.264 e. The zero-order valence-electron chi connectivity index (χ0n) is 12.6. The molecule has 1 amide bonds. The number of aliphatic hydroxyl groups excluding tert-OH is 1. The van der Waals surface area contributed by atoms with E-state index in [0.29, 0.717) is 5.69 Å². The molecule has 0 saturated heterocycles. The molecule has 4 rings (SSSR count). The van der Waals surface area contributed by atoms with Crippen LogP contribution < -0.4 is 10.9 Å². The summed E-state index contributed by atoms with van der Waals surface area (Å²) >= 11 is 0. The lowest BCUT2D eigenvalue weighted by atomic mass is 9.50. The molecule has 1 spiro atoms. The van der Waals surface area contributed by atoms with Gasteiger partial charge in [0.2, 0.25) is 5.91 Å². The van der Waals surface area contributed by atoms with Gasteiger partial charge in [-0.15, -0.1) is 0 Å². The minimum atomic E-state index is -0.214. The van der Waals surface area contributed by atoms with E-state index in [1.54, 1.807) is 0 Å². The Morgan fingerprint density at radius 1 is 1.22 bits per heavy atom. The Hall–Kier alpha value is -2.34. The molecule has 2 aliphatic rings. The first kappa shape index (κ1) is 14.3. The number of aromatic amines is 2. The number of carbonyl (C=O) groups excluding carboxylic acids is 1. The molecule has 1 atom stereocenters. The summed E-state index contributed by atoms with van der Waals surface area (Å²) in [5, 5.41) is 18.0. The number of hydrogen-bond acceptors (Lipinski definition) is 3. The zero-order valence-corrected chi connectivity index (χ0v) is 12.6. The Morgan fingerprint density at radius 3 is 2.48 bits per heavy atom. The van der Waals surface area contributed by atoms with Gasteiger partial charge in [-0.3, -0.25) is 19.8 Å². The average molecular weight is 313 g/mol. The molecule has 6 nitrogen and oxygen atoms in total. The third-order valence-electron chi connectivity index (χ3n) is 5.36. The second-order valence-electron chi connectivity index (χ2n) is 6.76. The molecule has 6 heteroatoms. The van der Waals surface area contributed by atoms with Crippen molar-refractivity contribution in [2.75, 3.05) is 5.32 Å². The summed E-state index contributed by atoms with van der Waals surface area (Å²) in [4.78, 5) is 23.4. The molecular weight excluding hydrogens is 294 g/mol. The summed E-state index contributed by atoms with van der Waals surface area (Å²) in [7, 11) is 0. The third kappa shape index (κ3) is 2.39. The van der Waals surface area contributed by atoms with Gasteiger partial charge in [-0.05, 0) is 48.8 Å². The van der Waals surface area contributed by atoms with Crippen molar-refractivity contribution in [1.29, 1.82) is 0 Å². The molecule has 2 fully saturated rings. The second-order valence-corrected chi connectivity index (χ2v) is 6.76. The van der Waals surface area contributed by atoms with Crippen LogP contribution in [0.25, 0.3) is 11.3 Å². The van der Waals surface area contributed by atoms with Gasteiger partial charge in [-0.2, -0.15) is 0 Å². The maximum absolute atomic E-state index is 12.2. The van der Waals surface area contributed by atoms with Gasteiger partial charge in [0.25, 0.3) is 5.56 Å². The Labute approximate surface area is 132 Å². The number of aliphatic hydroxyl groups is 1. The molecule has 1 heterocycles. The van der Waals surface area contributed by atoms with E-state index in [1.165, 1.54) is 6.07 Å². The van der Waals surface area contributed by atoms with E-state index in [1.807, 2.05) is 24.3 Å². The Bertz CT molecular complexity index is 784. The predicted octanol–water partition coefficient (Wildman–Crippen LogP) is 1.86. The molecule has 0 radical (unpaired) electrons. The van der Waals surface area contributed by atoms with E-state index in [0.717, 1.165) is 36.9 Å². The first-order chi connectivity index (χ1) is 11.1. The highest BCUT2D eigenvalue weighted by Gasteiger charge is 2.56. The average Bonchev–Trinajstić information content (AvgIpc) is 2.92. The molecule has 4 N–H and O–H groups in total. The molecule has 1 unspecified atom stereocenters. The summed E-state index contributed by atoms with van der Waals surface area (Å²) < 4.78 is 0. The normalized spacial score (nSPS) is 28.9. The summed E-state index contributed by atoms with van der Waals surface area (Å²) in [5.41, 5.74) is 2.20. The molecule has 0 aliphatic heterocycles. The number of H-pyrrole nitrogens is 2. The molecule has 1 aromatic heterocycles. The highest BCUT2D eigenvalue weighted by Crippen LogP contribution is 2.58. The van der Waals surface area contributed by atoms with Crippen molar-refractivity contribution in [1.82, 2.24) is 10.2 Å². The van der Waals surface area contributed by atoms with Gasteiger partial charge < -0.3 is 10.4 Å². The van der Waals surface area contributed by atoms with Crippen LogP contribution in [0.4, 0.5) is 5.69 Å². The Kier molecular flexibility index (Phi) is 3.16. The van der Waals surface area contributed by atoms with E-state index >= 15 is 0 Å². The van der Waals surface area contributed by atoms with Gasteiger partial charge in [-0.25, -0.2) is 0 Å². The Balaban J connectivity index is 1.38. The number of hydrogen-bond donors (Lipinski definition) is 4. The van der Waals surface area contributed by atoms with Crippen molar-refractivity contribution in [3.05, 3.63) is 40.7 Å². The maximum Gasteiger partial charge on any atom is 0.264 e. The molecule has 120 valence electrons. The zero-order chi connectivity index (χ0) is 16.0. The van der Waals surface area contributed by atoms with Crippen LogP contribution in [-0.2, 0) is 4.79 Å². The summed E-state index contributed by atoms with van der Waals surface area (Å²) in [6, 6.07) is 8.85. The molecule has 2 saturated carbocycles. The fourth-order valence-corrected chi connectivity index (χ4v) is 3.73. The number of nitrogens with one attached hydrogen (secondary N) is 3. The molecule has 23 heavy (non-hydrogen) atoms. The monoisotopic (exact) mass is 313 g/mol. The van der Waals surface area contributed by atoms with E-state index in [2.05, 4.69) is 15.5 Å². The minimum absolute atomic E-state index is 0.00524. The van der Waals surface area contributed by atoms with Crippen LogP contribution in [0.1, 0.15) is 25.7 Å². The van der Waals surface area contributed by atoms with Gasteiger partial charge in [0.1, 0.15) is 0 Å². The van der Waals surface area contributed by atoms with Gasteiger partial charge in [-0.1, -0.05) is 12.1 Å². The van der Waals surface area contributed by atoms with E-state index in [-0.39, 0.29) is 28.9 Å². The molecule has 0 bridgehead atoms. The number of anilines is 1. The summed E-state index contributed by atoms with van der Waals surface area (Å²) in [6.07, 6.45) is 3.29. The van der Waals surface area contributed by atoms with Crippen LogP contribution in [0.2, 0.25) is 0 Å². The van der Waals surface area contributed by atoms with Crippen molar-refractivity contribution < 1.29 is 9.90 Å². The van der Waals surface area contributed by atoms with E-state index in [4.69, 9.17) is 0 Å². The first-order valence-electron chi connectivity index (χ1n) is 7.93. The quantitative estimate of drug-likeness (QED) is 0.696. The Morgan fingerprint density at radius 2 is 1.96 bits per heavy atom. The topological polar surface area (TPSA) is 98.0 Å². The lowest BCUT2D eigenvalue weighted by Gasteiger charge is -2.56. The number of aromatic nitrogens is 2. The fraction of sp³-hybridized carbons (Fsp3) is 0.412. The highest BCUT2D eigenvalue weighted by molar-refractivity contribution is 5.93. The lowest BCUT2D eigenvalue weighted by Crippen LogP contribution is -2.56. The predicted molar refractivity (Wildman–Crippen MR) is 85.9 cm³/mol. The van der Waals surface area contributed by atoms with Crippen molar-refractivity contribution in [3.8, 4) is 11.3 Å². The number of amides is 1. The number of carbonyl (C=O) groups is 1. The molecule has 2 aliphatic carbocycles. The van der Waals surface area contributed by atoms with Crippen LogP contribution in [0.5, 0.6) is 0 Å². The van der Waals surface area contributed by atoms with E-state index in [9.17, 15) is 14.7 Å². The highest BCUT2D eigenvalue weighted by atomic mass is 16.3. The van der Waals surface area contributed by atoms with Gasteiger partial charge >= 0.3 is 0 Å². The second kappa shape index (κ2) is 5.09. The fourth-order valence-electron chi connectivity index (χ4n) is 3.73. The van der Waals surface area contributed by atoms with Gasteiger partial charge in [0.15, 0.2) is 0 Å². The maximum atomic E-state index is 12.2. The van der Waals surface area contributed by atoms with Crippen molar-refractivity contribution in [2.45, 2.75) is 31.8 Å². The summed E-state index contributed by atoms with van der Waals surface area (Å²) in [6.45, 7) is 0. The summed E-state index contributed by atoms with van der Waals surface area (Å²) in [5.74, 6) is 0.0307. The SMILES string of the molecule is O=C(Nc1ccc(-c2cc(=O)[nH][nH]2)cc1)C1CC2(CCC2O)C1. The number of rotatable bonds is 3. The van der Waals surface area contributed by atoms with Gasteiger partial charge in [0, 0.05) is 17.7 Å². The lowest BCUT2D eigenvalue weighted by molar-refractivity contribution is -0.157. The molecular formula is C17H19N3O3. The van der Waals surface area contributed by atoms with Crippen LogP contribution >= 0.6 is 0 Å². The minimum Gasteiger partial charge on any atom is -0.393 e. The number of benzene rings is 1. The van der Waals surface area contributed by atoms with Crippen LogP contribution in [0, 0.1) is 11.3 Å². The van der Waals surface area contributed by atoms with Crippen molar-refractivity contribution in [3.63, 3.8) is 0 Å². The third-order valence-corrected chi connectivity index (χ3v) is 5.36. The largest absolute Gasteiger partial charge is 0.393 e. The van der Waals surface area contributed by atoms with Crippen molar-refractivity contribution >= 4 is 11.6 Å². The van der Waals surface area contributed by atoms with Crippen LogP contribution in [0.3, 0.4) is 0 Å². The van der Waals surface area contributed by atoms with Crippen LogP contribution in [0.15, 0.2) is 35.1 Å². The standard InChI is InChI=1S/C17H19N3O3/c21-14-5-6-17(14)8-11(9-17)16(23)18-12-3-1-10(2-4-12)13-7-15(22)20-19-13/h1-4,7,11,14,21H,5-6,8-9H2,(H,18,23)(H2,19,20,22).